The number of cyclic esters (lactones) is 1. The van der Waals surface area contributed by atoms with Gasteiger partial charge in [-0.05, 0) is 31.0 Å². The highest BCUT2D eigenvalue weighted by atomic mass is 79.9. The number of amides is 3. The van der Waals surface area contributed by atoms with Gasteiger partial charge in [0.15, 0.2) is 6.61 Å². The number of nitrogens with zero attached hydrogens (tertiary/aromatic N) is 4. The largest absolute Gasteiger partial charge is 0.439 e. The number of rotatable bonds is 2. The summed E-state index contributed by atoms with van der Waals surface area (Å²) in [5.74, 6) is -0.394. The molecule has 3 amide bonds. The van der Waals surface area contributed by atoms with E-state index in [1.54, 1.807) is 16.6 Å². The number of piperidine rings is 1. The van der Waals surface area contributed by atoms with Crippen LogP contribution in [0, 0.1) is 0 Å². The summed E-state index contributed by atoms with van der Waals surface area (Å²) < 4.78 is 7.29. The van der Waals surface area contributed by atoms with Crippen molar-refractivity contribution in [3.05, 3.63) is 28.4 Å². The first kappa shape index (κ1) is 17.0. The van der Waals surface area contributed by atoms with Crippen molar-refractivity contribution in [2.75, 3.05) is 19.7 Å². The van der Waals surface area contributed by atoms with Crippen molar-refractivity contribution in [1.82, 2.24) is 19.6 Å². The Morgan fingerprint density at radius 3 is 2.65 bits per heavy atom. The van der Waals surface area contributed by atoms with Crippen LogP contribution in [0.1, 0.15) is 23.3 Å². The van der Waals surface area contributed by atoms with Crippen molar-refractivity contribution in [1.29, 1.82) is 0 Å². The molecule has 9 heteroatoms. The number of halogens is 1. The van der Waals surface area contributed by atoms with Crippen molar-refractivity contribution >= 4 is 44.7 Å². The number of likely N-dealkylation sites (tertiary alicyclic amines) is 1. The number of fused-ring (bicyclic) bond motifs is 1. The highest BCUT2D eigenvalue weighted by Crippen LogP contribution is 2.26. The summed E-state index contributed by atoms with van der Waals surface area (Å²) in [5, 5.41) is 5.22. The van der Waals surface area contributed by atoms with Gasteiger partial charge in [-0.3, -0.25) is 14.3 Å². The third-order valence-electron chi connectivity index (χ3n) is 4.90. The fourth-order valence-electron chi connectivity index (χ4n) is 3.62. The highest BCUT2D eigenvalue weighted by molar-refractivity contribution is 9.10. The topological polar surface area (TPSA) is 84.7 Å². The van der Waals surface area contributed by atoms with Gasteiger partial charge in [0.25, 0.3) is 11.8 Å². The van der Waals surface area contributed by atoms with E-state index in [2.05, 4.69) is 21.0 Å². The van der Waals surface area contributed by atoms with Crippen LogP contribution in [0.4, 0.5) is 4.79 Å². The number of ether oxygens (including phenoxy) is 1. The van der Waals surface area contributed by atoms with Crippen molar-refractivity contribution in [2.24, 2.45) is 7.05 Å². The molecule has 3 heterocycles. The second-order valence-corrected chi connectivity index (χ2v) is 7.39. The first-order valence-corrected chi connectivity index (χ1v) is 9.15. The Hall–Kier alpha value is -2.42. The Labute approximate surface area is 157 Å². The van der Waals surface area contributed by atoms with E-state index in [1.165, 1.54) is 4.90 Å². The zero-order valence-electron chi connectivity index (χ0n) is 14.1. The van der Waals surface area contributed by atoms with Gasteiger partial charge in [-0.25, -0.2) is 9.69 Å². The molecule has 2 fully saturated rings. The summed E-state index contributed by atoms with van der Waals surface area (Å²) in [4.78, 5) is 39.4. The molecule has 0 bridgehead atoms. The average Bonchev–Trinajstić information content (AvgIpc) is 3.12. The summed E-state index contributed by atoms with van der Waals surface area (Å²) in [6.07, 6.45) is 0.518. The standard InChI is InChI=1S/C17H17BrN4O4/c1-20-15(12-3-2-10(18)8-13(12)19-20)16(24)21-6-4-11(5-7-21)22-14(23)9-26-17(22)25/h2-3,8,11H,4-7,9H2,1H3. The van der Waals surface area contributed by atoms with Crippen molar-refractivity contribution in [3.8, 4) is 0 Å². The fraction of sp³-hybridized carbons (Fsp3) is 0.412. The lowest BCUT2D eigenvalue weighted by Gasteiger charge is -2.34. The summed E-state index contributed by atoms with van der Waals surface area (Å²) in [5.41, 5.74) is 1.30. The number of aromatic nitrogens is 2. The van der Waals surface area contributed by atoms with E-state index in [1.807, 2.05) is 18.2 Å². The van der Waals surface area contributed by atoms with Crippen LogP contribution in [-0.4, -0.2) is 63.2 Å². The van der Waals surface area contributed by atoms with E-state index in [0.717, 1.165) is 15.4 Å². The van der Waals surface area contributed by atoms with E-state index >= 15 is 0 Å². The maximum Gasteiger partial charge on any atom is 0.417 e. The quantitative estimate of drug-likeness (QED) is 0.740. The van der Waals surface area contributed by atoms with E-state index in [-0.39, 0.29) is 24.5 Å². The van der Waals surface area contributed by atoms with E-state index < -0.39 is 6.09 Å². The van der Waals surface area contributed by atoms with Gasteiger partial charge in [-0.15, -0.1) is 0 Å². The molecule has 0 radical (unpaired) electrons. The maximum absolute atomic E-state index is 13.0. The van der Waals surface area contributed by atoms with E-state index in [4.69, 9.17) is 4.74 Å². The minimum atomic E-state index is -0.581. The van der Waals surface area contributed by atoms with Gasteiger partial charge in [0.1, 0.15) is 5.69 Å². The predicted molar refractivity (Wildman–Crippen MR) is 95.5 cm³/mol. The molecule has 2 saturated heterocycles. The Balaban J connectivity index is 1.52. The zero-order valence-corrected chi connectivity index (χ0v) is 15.7. The fourth-order valence-corrected chi connectivity index (χ4v) is 3.97. The Kier molecular flexibility index (Phi) is 4.18. The van der Waals surface area contributed by atoms with E-state index in [0.29, 0.717) is 31.6 Å². The van der Waals surface area contributed by atoms with Crippen molar-refractivity contribution in [3.63, 3.8) is 0 Å². The molecule has 1 aromatic heterocycles. The van der Waals surface area contributed by atoms with Gasteiger partial charge in [-0.1, -0.05) is 15.9 Å². The van der Waals surface area contributed by atoms with E-state index in [9.17, 15) is 14.4 Å². The molecule has 0 spiro atoms. The zero-order chi connectivity index (χ0) is 18.4. The van der Waals surface area contributed by atoms with Gasteiger partial charge in [0.2, 0.25) is 0 Å². The first-order valence-electron chi connectivity index (χ1n) is 8.36. The lowest BCUT2D eigenvalue weighted by atomic mass is 10.0. The number of carbonyl (C=O) groups is 3. The van der Waals surface area contributed by atoms with Crippen LogP contribution in [0.2, 0.25) is 0 Å². The molecule has 0 aliphatic carbocycles. The average molecular weight is 421 g/mol. The molecule has 0 N–H and O–H groups in total. The minimum Gasteiger partial charge on any atom is -0.439 e. The Morgan fingerprint density at radius 2 is 2.00 bits per heavy atom. The highest BCUT2D eigenvalue weighted by Gasteiger charge is 2.39. The molecular weight excluding hydrogens is 404 g/mol. The number of aryl methyl sites for hydroxylation is 1. The Morgan fingerprint density at radius 1 is 1.27 bits per heavy atom. The van der Waals surface area contributed by atoms with Crippen LogP contribution in [0.25, 0.3) is 10.9 Å². The molecule has 0 unspecified atom stereocenters. The van der Waals surface area contributed by atoms with Crippen molar-refractivity contribution in [2.45, 2.75) is 18.9 Å². The van der Waals surface area contributed by atoms with Gasteiger partial charge in [0.05, 0.1) is 5.52 Å². The third kappa shape index (κ3) is 2.76. The Bertz CT molecular complexity index is 901. The van der Waals surface area contributed by atoms with Crippen LogP contribution in [0.15, 0.2) is 22.7 Å². The molecule has 4 rings (SSSR count). The van der Waals surface area contributed by atoms with Gasteiger partial charge in [-0.2, -0.15) is 5.10 Å². The summed E-state index contributed by atoms with van der Waals surface area (Å²) in [6, 6.07) is 5.44. The van der Waals surface area contributed by atoms with Crippen molar-refractivity contribution < 1.29 is 19.1 Å². The second kappa shape index (κ2) is 6.39. The summed E-state index contributed by atoms with van der Waals surface area (Å²) in [6.45, 7) is 0.766. The second-order valence-electron chi connectivity index (χ2n) is 6.48. The first-order chi connectivity index (χ1) is 12.5. The number of benzene rings is 1. The smallest absolute Gasteiger partial charge is 0.417 e. The summed E-state index contributed by atoms with van der Waals surface area (Å²) >= 11 is 3.41. The molecule has 2 aliphatic rings. The van der Waals surface area contributed by atoms with Crippen LogP contribution in [0.5, 0.6) is 0 Å². The SMILES string of the molecule is Cn1nc2cc(Br)ccc2c1C(=O)N1CCC(N2C(=O)COC2=O)CC1. The molecule has 2 aromatic rings. The van der Waals surface area contributed by atoms with Crippen LogP contribution in [0.3, 0.4) is 0 Å². The monoisotopic (exact) mass is 420 g/mol. The molecule has 8 nitrogen and oxygen atoms in total. The molecule has 26 heavy (non-hydrogen) atoms. The van der Waals surface area contributed by atoms with Crippen LogP contribution < -0.4 is 0 Å². The molecule has 2 aliphatic heterocycles. The van der Waals surface area contributed by atoms with Crippen LogP contribution >= 0.6 is 15.9 Å². The van der Waals surface area contributed by atoms with Gasteiger partial charge in [0, 0.05) is 36.0 Å². The molecule has 0 atom stereocenters. The van der Waals surface area contributed by atoms with Crippen LogP contribution in [-0.2, 0) is 16.6 Å². The predicted octanol–water partition coefficient (Wildman–Crippen LogP) is 1.92. The maximum atomic E-state index is 13.0. The molecule has 136 valence electrons. The normalized spacial score (nSPS) is 18.7. The lowest BCUT2D eigenvalue weighted by Crippen LogP contribution is -2.48. The van der Waals surface area contributed by atoms with Gasteiger partial charge < -0.3 is 9.64 Å². The number of imide groups is 1. The number of carbonyl (C=O) groups excluding carboxylic acids is 3. The molecule has 0 saturated carbocycles. The molecule has 1 aromatic carbocycles. The number of hydrogen-bond acceptors (Lipinski definition) is 5. The summed E-state index contributed by atoms with van der Waals surface area (Å²) in [7, 11) is 1.76. The lowest BCUT2D eigenvalue weighted by molar-refractivity contribution is -0.127. The molecular formula is C17H17BrN4O4. The number of hydrogen-bond donors (Lipinski definition) is 0. The van der Waals surface area contributed by atoms with Gasteiger partial charge >= 0.3 is 6.09 Å². The minimum absolute atomic E-state index is 0.0916. The third-order valence-corrected chi connectivity index (χ3v) is 5.39.